The summed E-state index contributed by atoms with van der Waals surface area (Å²) in [5.41, 5.74) is 6.38. The van der Waals surface area contributed by atoms with E-state index in [4.69, 9.17) is 0 Å². The first-order chi connectivity index (χ1) is 14.5. The van der Waals surface area contributed by atoms with Gasteiger partial charge >= 0.3 is 6.03 Å². The number of nitrogens with zero attached hydrogens (tertiary/aromatic N) is 4. The Hall–Kier alpha value is -3.41. The second kappa shape index (κ2) is 8.53. The molecule has 154 valence electrons. The zero-order valence-electron chi connectivity index (χ0n) is 17.7. The van der Waals surface area contributed by atoms with E-state index in [1.807, 2.05) is 35.2 Å². The summed E-state index contributed by atoms with van der Waals surface area (Å²) in [7, 11) is 0. The van der Waals surface area contributed by atoms with Crippen molar-refractivity contribution < 1.29 is 4.79 Å². The van der Waals surface area contributed by atoms with Crippen LogP contribution in [-0.2, 0) is 0 Å². The van der Waals surface area contributed by atoms with Gasteiger partial charge in [0.1, 0.15) is 0 Å². The molecule has 30 heavy (non-hydrogen) atoms. The van der Waals surface area contributed by atoms with Crippen molar-refractivity contribution in [2.24, 2.45) is 0 Å². The number of amides is 2. The summed E-state index contributed by atoms with van der Waals surface area (Å²) in [6.07, 6.45) is 0. The first-order valence-electron chi connectivity index (χ1n) is 10.3. The van der Waals surface area contributed by atoms with Crippen molar-refractivity contribution in [3.8, 4) is 11.3 Å². The van der Waals surface area contributed by atoms with E-state index in [1.54, 1.807) is 0 Å². The van der Waals surface area contributed by atoms with E-state index in [9.17, 15) is 4.79 Å². The summed E-state index contributed by atoms with van der Waals surface area (Å²) in [4.78, 5) is 16.6. The number of rotatable bonds is 3. The van der Waals surface area contributed by atoms with Crippen molar-refractivity contribution in [2.75, 3.05) is 36.4 Å². The smallest absolute Gasteiger partial charge is 0.321 e. The van der Waals surface area contributed by atoms with E-state index in [0.717, 1.165) is 35.9 Å². The van der Waals surface area contributed by atoms with E-state index >= 15 is 0 Å². The number of anilines is 2. The number of carbonyl (C=O) groups excluding carboxylic acids is 1. The van der Waals surface area contributed by atoms with Crippen molar-refractivity contribution in [1.82, 2.24) is 15.1 Å². The van der Waals surface area contributed by atoms with Gasteiger partial charge in [-0.3, -0.25) is 0 Å². The van der Waals surface area contributed by atoms with Gasteiger partial charge in [-0.2, -0.15) is 0 Å². The number of hydrogen-bond donors (Lipinski definition) is 1. The molecule has 1 aromatic heterocycles. The lowest BCUT2D eigenvalue weighted by atomic mass is 10.1. The van der Waals surface area contributed by atoms with Crippen LogP contribution in [0.25, 0.3) is 11.3 Å². The average molecular weight is 402 g/mol. The first-order valence-corrected chi connectivity index (χ1v) is 10.3. The molecule has 4 rings (SSSR count). The quantitative estimate of drug-likeness (QED) is 0.706. The Balaban J connectivity index is 1.34. The highest BCUT2D eigenvalue weighted by Crippen LogP contribution is 2.20. The minimum atomic E-state index is -0.0568. The van der Waals surface area contributed by atoms with Crippen LogP contribution in [0, 0.1) is 20.8 Å². The van der Waals surface area contributed by atoms with Gasteiger partial charge < -0.3 is 15.1 Å². The predicted molar refractivity (Wildman–Crippen MR) is 121 cm³/mol. The molecule has 1 aliphatic rings. The van der Waals surface area contributed by atoms with Crippen LogP contribution in [0.3, 0.4) is 0 Å². The molecular weight excluding hydrogens is 374 g/mol. The van der Waals surface area contributed by atoms with Gasteiger partial charge in [-0.25, -0.2) is 4.79 Å². The Morgan fingerprint density at radius 1 is 0.833 bits per heavy atom. The highest BCUT2D eigenvalue weighted by Gasteiger charge is 2.22. The van der Waals surface area contributed by atoms with Gasteiger partial charge in [-0.15, -0.1) is 10.2 Å². The van der Waals surface area contributed by atoms with Gasteiger partial charge in [0.2, 0.25) is 0 Å². The molecule has 0 radical (unpaired) electrons. The van der Waals surface area contributed by atoms with Crippen LogP contribution in [0.2, 0.25) is 0 Å². The van der Waals surface area contributed by atoms with E-state index in [1.165, 1.54) is 16.7 Å². The number of nitrogens with one attached hydrogen (secondary N) is 1. The predicted octanol–water partition coefficient (Wildman–Crippen LogP) is 4.42. The lowest BCUT2D eigenvalue weighted by molar-refractivity contribution is 0.208. The number of benzene rings is 2. The monoisotopic (exact) mass is 401 g/mol. The number of hydrogen-bond acceptors (Lipinski definition) is 4. The molecular formula is C24H27N5O. The highest BCUT2D eigenvalue weighted by atomic mass is 16.2. The van der Waals surface area contributed by atoms with Gasteiger partial charge in [0.15, 0.2) is 5.82 Å². The first kappa shape index (κ1) is 19.9. The third-order valence-corrected chi connectivity index (χ3v) is 5.65. The summed E-state index contributed by atoms with van der Waals surface area (Å²) in [5.74, 6) is 0.847. The fraction of sp³-hybridized carbons (Fsp3) is 0.292. The Bertz CT molecular complexity index is 1020. The van der Waals surface area contributed by atoms with Crippen molar-refractivity contribution in [1.29, 1.82) is 0 Å². The largest absolute Gasteiger partial charge is 0.352 e. The summed E-state index contributed by atoms with van der Waals surface area (Å²) in [6.45, 7) is 8.96. The molecule has 0 saturated carbocycles. The van der Waals surface area contributed by atoms with Crippen molar-refractivity contribution >= 4 is 17.5 Å². The number of piperazine rings is 1. The molecule has 3 aromatic rings. The lowest BCUT2D eigenvalue weighted by Crippen LogP contribution is -2.50. The van der Waals surface area contributed by atoms with Crippen LogP contribution < -0.4 is 10.2 Å². The third kappa shape index (κ3) is 4.43. The normalized spacial score (nSPS) is 14.0. The minimum absolute atomic E-state index is 0.0568. The van der Waals surface area contributed by atoms with Crippen LogP contribution in [0.4, 0.5) is 16.3 Å². The van der Waals surface area contributed by atoms with Gasteiger partial charge in [-0.05, 0) is 56.2 Å². The van der Waals surface area contributed by atoms with Crippen LogP contribution >= 0.6 is 0 Å². The van der Waals surface area contributed by atoms with E-state index in [0.29, 0.717) is 13.1 Å². The van der Waals surface area contributed by atoms with Crippen LogP contribution in [0.15, 0.2) is 54.6 Å². The lowest BCUT2D eigenvalue weighted by Gasteiger charge is -2.35. The van der Waals surface area contributed by atoms with E-state index in [-0.39, 0.29) is 6.03 Å². The summed E-state index contributed by atoms with van der Waals surface area (Å²) < 4.78 is 0. The summed E-state index contributed by atoms with van der Waals surface area (Å²) >= 11 is 0. The SMILES string of the molecule is Cc1ccc(-c2ccc(N3CCN(C(=O)Nc4ccc(C)c(C)c4)CC3)nn2)cc1. The molecule has 6 heteroatoms. The van der Waals surface area contributed by atoms with E-state index in [2.05, 4.69) is 65.5 Å². The molecule has 2 amide bonds. The molecule has 1 saturated heterocycles. The molecule has 2 aromatic carbocycles. The number of aromatic nitrogens is 2. The van der Waals surface area contributed by atoms with E-state index < -0.39 is 0 Å². The Morgan fingerprint density at radius 2 is 1.57 bits per heavy atom. The van der Waals surface area contributed by atoms with Gasteiger partial charge in [0.25, 0.3) is 0 Å². The number of urea groups is 1. The Labute approximate surface area is 177 Å². The molecule has 0 spiro atoms. The van der Waals surface area contributed by atoms with Crippen molar-refractivity contribution in [3.05, 3.63) is 71.3 Å². The molecule has 1 fully saturated rings. The second-order valence-electron chi connectivity index (χ2n) is 7.85. The highest BCUT2D eigenvalue weighted by molar-refractivity contribution is 5.89. The number of carbonyl (C=O) groups is 1. The molecule has 6 nitrogen and oxygen atoms in total. The minimum Gasteiger partial charge on any atom is -0.352 e. The van der Waals surface area contributed by atoms with Crippen LogP contribution in [0.5, 0.6) is 0 Å². The zero-order chi connectivity index (χ0) is 21.1. The molecule has 0 unspecified atom stereocenters. The molecule has 1 N–H and O–H groups in total. The van der Waals surface area contributed by atoms with Gasteiger partial charge in [-0.1, -0.05) is 35.9 Å². The molecule has 0 atom stereocenters. The maximum Gasteiger partial charge on any atom is 0.321 e. The maximum atomic E-state index is 12.6. The van der Waals surface area contributed by atoms with Crippen LogP contribution in [0.1, 0.15) is 16.7 Å². The second-order valence-corrected chi connectivity index (χ2v) is 7.85. The van der Waals surface area contributed by atoms with Crippen molar-refractivity contribution in [2.45, 2.75) is 20.8 Å². The van der Waals surface area contributed by atoms with Crippen molar-refractivity contribution in [3.63, 3.8) is 0 Å². The number of aryl methyl sites for hydroxylation is 3. The molecule has 0 aliphatic carbocycles. The Kier molecular flexibility index (Phi) is 5.65. The maximum absolute atomic E-state index is 12.6. The van der Waals surface area contributed by atoms with Crippen LogP contribution in [-0.4, -0.2) is 47.3 Å². The third-order valence-electron chi connectivity index (χ3n) is 5.65. The topological polar surface area (TPSA) is 61.4 Å². The fourth-order valence-corrected chi connectivity index (χ4v) is 3.53. The summed E-state index contributed by atoms with van der Waals surface area (Å²) in [5, 5.41) is 11.8. The zero-order valence-corrected chi connectivity index (χ0v) is 17.7. The van der Waals surface area contributed by atoms with Gasteiger partial charge in [0.05, 0.1) is 5.69 Å². The molecule has 2 heterocycles. The standard InChI is InChI=1S/C24H27N5O/c1-17-4-7-20(8-5-17)22-10-11-23(27-26-22)28-12-14-29(15-13-28)24(30)25-21-9-6-18(2)19(3)16-21/h4-11,16H,12-15H2,1-3H3,(H,25,30). The van der Waals surface area contributed by atoms with Gasteiger partial charge in [0, 0.05) is 37.4 Å². The fourth-order valence-electron chi connectivity index (χ4n) is 3.53. The average Bonchev–Trinajstić information content (AvgIpc) is 2.77. The molecule has 1 aliphatic heterocycles. The summed E-state index contributed by atoms with van der Waals surface area (Å²) in [6, 6.07) is 18.2. The molecule has 0 bridgehead atoms. The Morgan fingerprint density at radius 3 is 2.20 bits per heavy atom.